The number of carbonyl (C=O) groups is 1. The number of aryl methyl sites for hydroxylation is 2. The molecule has 0 saturated carbocycles. The van der Waals surface area contributed by atoms with E-state index in [0.717, 1.165) is 37.8 Å². The average molecular weight is 477 g/mol. The Morgan fingerprint density at radius 3 is 2.74 bits per heavy atom. The van der Waals surface area contributed by atoms with Crippen LogP contribution in [0.15, 0.2) is 69.6 Å². The molecule has 0 aliphatic heterocycles. The number of nitrogens with one attached hydrogen (secondary N) is 1. The highest BCUT2D eigenvalue weighted by atomic mass is 79.9. The molecule has 1 amide bonds. The molecule has 0 spiro atoms. The number of carbonyl (C=O) groups excluding carboxylic acids is 1. The molecule has 5 nitrogen and oxygen atoms in total. The van der Waals surface area contributed by atoms with E-state index in [1.54, 1.807) is 13.2 Å². The van der Waals surface area contributed by atoms with E-state index in [1.807, 2.05) is 68.4 Å². The first-order valence-electron chi connectivity index (χ1n) is 9.74. The number of ether oxygens (including phenoxy) is 1. The largest absolute Gasteiger partial charge is 0.496 e. The molecule has 0 atom stereocenters. The van der Waals surface area contributed by atoms with Gasteiger partial charge in [0.1, 0.15) is 11.3 Å². The van der Waals surface area contributed by atoms with Crippen molar-refractivity contribution in [2.45, 2.75) is 13.8 Å². The summed E-state index contributed by atoms with van der Waals surface area (Å²) in [6.07, 6.45) is 3.21. The normalized spacial score (nSPS) is 11.2. The summed E-state index contributed by atoms with van der Waals surface area (Å²) in [4.78, 5) is 17.1. The van der Waals surface area contributed by atoms with Crippen molar-refractivity contribution >= 4 is 44.7 Å². The number of nitrogens with zero attached hydrogens (tertiary/aromatic N) is 1. The zero-order chi connectivity index (χ0) is 22.0. The number of benzene rings is 3. The highest BCUT2D eigenvalue weighted by Gasteiger charge is 2.11. The standard InChI is InChI=1S/C25H21BrN2O3/c1-15-4-9-20-23(12-15)31-25(28-20)18-6-5-16(2)21(14-18)27-24(29)11-7-17-13-19(26)8-10-22(17)30-3/h4-14H,1-3H3,(H,27,29). The second-order valence-electron chi connectivity index (χ2n) is 7.23. The summed E-state index contributed by atoms with van der Waals surface area (Å²) < 4.78 is 12.2. The van der Waals surface area contributed by atoms with Crippen LogP contribution in [-0.2, 0) is 4.79 Å². The Kier molecular flexibility index (Phi) is 5.91. The molecular weight excluding hydrogens is 456 g/mol. The molecule has 156 valence electrons. The minimum Gasteiger partial charge on any atom is -0.496 e. The van der Waals surface area contributed by atoms with Gasteiger partial charge in [-0.25, -0.2) is 4.98 Å². The summed E-state index contributed by atoms with van der Waals surface area (Å²) in [6, 6.07) is 17.3. The molecule has 0 bridgehead atoms. The molecule has 0 fully saturated rings. The van der Waals surface area contributed by atoms with Crippen LogP contribution in [0, 0.1) is 13.8 Å². The molecule has 4 rings (SSSR count). The van der Waals surface area contributed by atoms with E-state index in [2.05, 4.69) is 26.2 Å². The van der Waals surface area contributed by atoms with Gasteiger partial charge in [-0.3, -0.25) is 4.79 Å². The molecule has 6 heteroatoms. The summed E-state index contributed by atoms with van der Waals surface area (Å²) in [5.41, 5.74) is 5.90. The van der Waals surface area contributed by atoms with Crippen molar-refractivity contribution in [1.82, 2.24) is 4.98 Å². The van der Waals surface area contributed by atoms with Crippen molar-refractivity contribution < 1.29 is 13.9 Å². The van der Waals surface area contributed by atoms with E-state index in [0.29, 0.717) is 17.3 Å². The number of anilines is 1. The van der Waals surface area contributed by atoms with Crippen LogP contribution in [0.4, 0.5) is 5.69 Å². The summed E-state index contributed by atoms with van der Waals surface area (Å²) in [5, 5.41) is 2.94. The Bertz CT molecular complexity index is 1310. The Labute approximate surface area is 188 Å². The van der Waals surface area contributed by atoms with Crippen LogP contribution >= 0.6 is 15.9 Å². The summed E-state index contributed by atoms with van der Waals surface area (Å²) in [5.74, 6) is 0.970. The lowest BCUT2D eigenvalue weighted by Gasteiger charge is -2.08. The van der Waals surface area contributed by atoms with E-state index in [9.17, 15) is 4.79 Å². The molecule has 0 unspecified atom stereocenters. The zero-order valence-electron chi connectivity index (χ0n) is 17.4. The maximum absolute atomic E-state index is 12.6. The van der Waals surface area contributed by atoms with Crippen LogP contribution in [0.25, 0.3) is 28.6 Å². The maximum atomic E-state index is 12.6. The number of halogens is 1. The van der Waals surface area contributed by atoms with Crippen LogP contribution in [0.3, 0.4) is 0 Å². The molecule has 4 aromatic rings. The molecule has 3 aromatic carbocycles. The smallest absolute Gasteiger partial charge is 0.248 e. The number of rotatable bonds is 5. The minimum atomic E-state index is -0.240. The molecule has 0 radical (unpaired) electrons. The second-order valence-corrected chi connectivity index (χ2v) is 8.14. The molecule has 1 heterocycles. The number of fused-ring (bicyclic) bond motifs is 1. The van der Waals surface area contributed by atoms with Crippen LogP contribution in [0.2, 0.25) is 0 Å². The van der Waals surface area contributed by atoms with Crippen molar-refractivity contribution in [3.8, 4) is 17.2 Å². The maximum Gasteiger partial charge on any atom is 0.248 e. The van der Waals surface area contributed by atoms with E-state index in [-0.39, 0.29) is 5.91 Å². The van der Waals surface area contributed by atoms with Crippen LogP contribution in [0.5, 0.6) is 5.75 Å². The van der Waals surface area contributed by atoms with Crippen molar-refractivity contribution in [3.63, 3.8) is 0 Å². The molecule has 0 aliphatic rings. The predicted octanol–water partition coefficient (Wildman–Crippen LogP) is 6.53. The first kappa shape index (κ1) is 20.9. The van der Waals surface area contributed by atoms with Gasteiger partial charge in [0.25, 0.3) is 0 Å². The van der Waals surface area contributed by atoms with Crippen molar-refractivity contribution in [1.29, 1.82) is 0 Å². The molecule has 0 saturated heterocycles. The fourth-order valence-corrected chi connectivity index (χ4v) is 3.60. The van der Waals surface area contributed by atoms with E-state index in [1.165, 1.54) is 6.08 Å². The first-order valence-corrected chi connectivity index (χ1v) is 10.5. The van der Waals surface area contributed by atoms with Gasteiger partial charge in [-0.2, -0.15) is 0 Å². The monoisotopic (exact) mass is 476 g/mol. The Morgan fingerprint density at radius 2 is 1.94 bits per heavy atom. The Hall–Kier alpha value is -3.38. The summed E-state index contributed by atoms with van der Waals surface area (Å²) in [7, 11) is 1.60. The minimum absolute atomic E-state index is 0.240. The second kappa shape index (κ2) is 8.78. The molecule has 0 aliphatic carbocycles. The lowest BCUT2D eigenvalue weighted by atomic mass is 10.1. The average Bonchev–Trinajstić information content (AvgIpc) is 3.17. The molecule has 1 aromatic heterocycles. The SMILES string of the molecule is COc1ccc(Br)cc1C=CC(=O)Nc1cc(-c2nc3ccc(C)cc3o2)ccc1C. The lowest BCUT2D eigenvalue weighted by molar-refractivity contribution is -0.111. The number of amides is 1. The predicted molar refractivity (Wildman–Crippen MR) is 127 cm³/mol. The third-order valence-corrected chi connectivity index (χ3v) is 5.39. The number of methoxy groups -OCH3 is 1. The van der Waals surface area contributed by atoms with E-state index in [4.69, 9.17) is 9.15 Å². The van der Waals surface area contributed by atoms with Crippen molar-refractivity contribution in [2.75, 3.05) is 12.4 Å². The number of hydrogen-bond donors (Lipinski definition) is 1. The number of oxazole rings is 1. The van der Waals surface area contributed by atoms with Gasteiger partial charge >= 0.3 is 0 Å². The third kappa shape index (κ3) is 4.70. The topological polar surface area (TPSA) is 64.4 Å². The van der Waals surface area contributed by atoms with Gasteiger partial charge in [0.15, 0.2) is 5.58 Å². The van der Waals surface area contributed by atoms with E-state index >= 15 is 0 Å². The summed E-state index contributed by atoms with van der Waals surface area (Å²) >= 11 is 3.44. The van der Waals surface area contributed by atoms with Crippen molar-refractivity contribution in [3.05, 3.63) is 81.8 Å². The molecule has 1 N–H and O–H groups in total. The first-order chi connectivity index (χ1) is 14.9. The van der Waals surface area contributed by atoms with E-state index < -0.39 is 0 Å². The van der Waals surface area contributed by atoms with Gasteiger partial charge in [0.05, 0.1) is 7.11 Å². The van der Waals surface area contributed by atoms with Crippen LogP contribution < -0.4 is 10.1 Å². The fourth-order valence-electron chi connectivity index (χ4n) is 3.22. The van der Waals surface area contributed by atoms with Gasteiger partial charge in [-0.1, -0.05) is 28.1 Å². The quantitative estimate of drug-likeness (QED) is 0.332. The van der Waals surface area contributed by atoms with Gasteiger partial charge in [0.2, 0.25) is 11.8 Å². The zero-order valence-corrected chi connectivity index (χ0v) is 19.0. The van der Waals surface area contributed by atoms with Gasteiger partial charge < -0.3 is 14.5 Å². The van der Waals surface area contributed by atoms with Crippen LogP contribution in [0.1, 0.15) is 16.7 Å². The highest BCUT2D eigenvalue weighted by Crippen LogP contribution is 2.29. The van der Waals surface area contributed by atoms with Gasteiger partial charge in [0, 0.05) is 27.4 Å². The van der Waals surface area contributed by atoms with Crippen molar-refractivity contribution in [2.24, 2.45) is 0 Å². The summed E-state index contributed by atoms with van der Waals surface area (Å²) in [6.45, 7) is 3.95. The van der Waals surface area contributed by atoms with Crippen LogP contribution in [-0.4, -0.2) is 18.0 Å². The van der Waals surface area contributed by atoms with Gasteiger partial charge in [-0.05, 0) is 73.5 Å². The van der Waals surface area contributed by atoms with Gasteiger partial charge in [-0.15, -0.1) is 0 Å². The highest BCUT2D eigenvalue weighted by molar-refractivity contribution is 9.10. The third-order valence-electron chi connectivity index (χ3n) is 4.89. The molecular formula is C25H21BrN2O3. The number of hydrogen-bond acceptors (Lipinski definition) is 4. The fraction of sp³-hybridized carbons (Fsp3) is 0.120. The molecule has 31 heavy (non-hydrogen) atoms. The Morgan fingerprint density at radius 1 is 1.10 bits per heavy atom. The number of aromatic nitrogens is 1. The lowest BCUT2D eigenvalue weighted by Crippen LogP contribution is -2.09. The Balaban J connectivity index is 1.57.